The first-order chi connectivity index (χ1) is 12.5. The number of nitrogens with zero attached hydrogens (tertiary/aromatic N) is 2. The molecule has 0 N–H and O–H groups in total. The molecule has 136 valence electrons. The Bertz CT molecular complexity index is 817. The Morgan fingerprint density at radius 1 is 1.04 bits per heavy atom. The highest BCUT2D eigenvalue weighted by Crippen LogP contribution is 2.17. The first kappa shape index (κ1) is 18.5. The standard InChI is InChI=1S/C20H19ClF2N2O/c21-17-6-2-1-4-15(17)8-9-19(26)25-12-10-24(11-13-25)14-16-5-3-7-18(22)20(16)23/h1-9H,10-14H2. The Hall–Kier alpha value is -2.24. The van der Waals surface area contributed by atoms with Crippen molar-refractivity contribution in [1.82, 2.24) is 9.80 Å². The topological polar surface area (TPSA) is 23.6 Å². The summed E-state index contributed by atoms with van der Waals surface area (Å²) in [6, 6.07) is 11.5. The van der Waals surface area contributed by atoms with Crippen LogP contribution in [0, 0.1) is 11.6 Å². The number of halogens is 3. The molecule has 0 spiro atoms. The summed E-state index contributed by atoms with van der Waals surface area (Å²) < 4.78 is 27.1. The van der Waals surface area contributed by atoms with Gasteiger partial charge in [-0.1, -0.05) is 41.9 Å². The molecule has 1 aliphatic heterocycles. The van der Waals surface area contributed by atoms with E-state index in [1.54, 1.807) is 23.1 Å². The van der Waals surface area contributed by atoms with Crippen molar-refractivity contribution >= 4 is 23.6 Å². The van der Waals surface area contributed by atoms with Gasteiger partial charge in [-0.3, -0.25) is 9.69 Å². The van der Waals surface area contributed by atoms with Crippen LogP contribution in [0.5, 0.6) is 0 Å². The van der Waals surface area contributed by atoms with Gasteiger partial charge in [0.05, 0.1) is 0 Å². The summed E-state index contributed by atoms with van der Waals surface area (Å²) in [5.41, 5.74) is 1.13. The largest absolute Gasteiger partial charge is 0.337 e. The number of rotatable bonds is 4. The Balaban J connectivity index is 1.54. The van der Waals surface area contributed by atoms with Gasteiger partial charge in [0, 0.05) is 49.4 Å². The van der Waals surface area contributed by atoms with E-state index in [9.17, 15) is 13.6 Å². The van der Waals surface area contributed by atoms with E-state index < -0.39 is 11.6 Å². The fourth-order valence-corrected chi connectivity index (χ4v) is 3.11. The van der Waals surface area contributed by atoms with Crippen LogP contribution in [-0.2, 0) is 11.3 Å². The molecule has 0 unspecified atom stereocenters. The van der Waals surface area contributed by atoms with E-state index in [1.807, 2.05) is 23.1 Å². The third-order valence-electron chi connectivity index (χ3n) is 4.42. The monoisotopic (exact) mass is 376 g/mol. The van der Waals surface area contributed by atoms with Crippen molar-refractivity contribution in [3.05, 3.63) is 76.3 Å². The number of hydrogen-bond acceptors (Lipinski definition) is 2. The normalized spacial score (nSPS) is 15.6. The zero-order valence-electron chi connectivity index (χ0n) is 14.2. The molecule has 2 aromatic rings. The van der Waals surface area contributed by atoms with Crippen molar-refractivity contribution in [1.29, 1.82) is 0 Å². The average Bonchev–Trinajstić information content (AvgIpc) is 2.65. The van der Waals surface area contributed by atoms with E-state index in [0.717, 1.165) is 11.6 Å². The van der Waals surface area contributed by atoms with Crippen LogP contribution >= 0.6 is 11.6 Å². The first-order valence-corrected chi connectivity index (χ1v) is 8.79. The van der Waals surface area contributed by atoms with Gasteiger partial charge in [0.25, 0.3) is 0 Å². The fourth-order valence-electron chi connectivity index (χ4n) is 2.91. The maximum absolute atomic E-state index is 13.8. The van der Waals surface area contributed by atoms with E-state index >= 15 is 0 Å². The van der Waals surface area contributed by atoms with Gasteiger partial charge in [-0.2, -0.15) is 0 Å². The lowest BCUT2D eigenvalue weighted by Gasteiger charge is -2.34. The average molecular weight is 377 g/mol. The molecule has 0 bridgehead atoms. The molecule has 1 amide bonds. The van der Waals surface area contributed by atoms with Gasteiger partial charge >= 0.3 is 0 Å². The predicted molar refractivity (Wildman–Crippen MR) is 98.7 cm³/mol. The van der Waals surface area contributed by atoms with Crippen molar-refractivity contribution in [2.24, 2.45) is 0 Å². The number of benzene rings is 2. The molecule has 0 aliphatic carbocycles. The number of piperazine rings is 1. The van der Waals surface area contributed by atoms with E-state index in [2.05, 4.69) is 0 Å². The minimum Gasteiger partial charge on any atom is -0.337 e. The smallest absolute Gasteiger partial charge is 0.246 e. The molecule has 0 aromatic heterocycles. The molecule has 0 saturated carbocycles. The second-order valence-corrected chi connectivity index (χ2v) is 6.58. The first-order valence-electron chi connectivity index (χ1n) is 8.41. The molecule has 6 heteroatoms. The highest BCUT2D eigenvalue weighted by molar-refractivity contribution is 6.32. The summed E-state index contributed by atoms with van der Waals surface area (Å²) in [5, 5.41) is 0.596. The van der Waals surface area contributed by atoms with Crippen LogP contribution in [0.25, 0.3) is 6.08 Å². The molecule has 0 radical (unpaired) electrons. The highest BCUT2D eigenvalue weighted by Gasteiger charge is 2.21. The van der Waals surface area contributed by atoms with Crippen molar-refractivity contribution < 1.29 is 13.6 Å². The lowest BCUT2D eigenvalue weighted by atomic mass is 10.1. The molecule has 3 rings (SSSR count). The Labute approximate surface area is 156 Å². The van der Waals surface area contributed by atoms with Crippen LogP contribution in [0.15, 0.2) is 48.5 Å². The van der Waals surface area contributed by atoms with Gasteiger partial charge < -0.3 is 4.90 Å². The quantitative estimate of drug-likeness (QED) is 0.754. The third kappa shape index (κ3) is 4.48. The van der Waals surface area contributed by atoms with Gasteiger partial charge in [0.15, 0.2) is 11.6 Å². The summed E-state index contributed by atoms with van der Waals surface area (Å²) in [6.45, 7) is 2.65. The Kier molecular flexibility index (Phi) is 6.01. The molecule has 1 heterocycles. The maximum Gasteiger partial charge on any atom is 0.246 e. The maximum atomic E-state index is 13.8. The Morgan fingerprint density at radius 3 is 2.50 bits per heavy atom. The van der Waals surface area contributed by atoms with Crippen molar-refractivity contribution in [3.8, 4) is 0 Å². The number of amides is 1. The minimum atomic E-state index is -0.832. The summed E-state index contributed by atoms with van der Waals surface area (Å²) in [6.07, 6.45) is 3.22. The van der Waals surface area contributed by atoms with Crippen LogP contribution in [-0.4, -0.2) is 41.9 Å². The van der Waals surface area contributed by atoms with Gasteiger partial charge in [0.1, 0.15) is 0 Å². The molecule has 26 heavy (non-hydrogen) atoms. The van der Waals surface area contributed by atoms with E-state index in [1.165, 1.54) is 12.1 Å². The van der Waals surface area contributed by atoms with Gasteiger partial charge in [-0.25, -0.2) is 8.78 Å². The second kappa shape index (κ2) is 8.43. The lowest BCUT2D eigenvalue weighted by molar-refractivity contribution is -0.127. The van der Waals surface area contributed by atoms with E-state index in [4.69, 9.17) is 11.6 Å². The number of carbonyl (C=O) groups is 1. The molecule has 0 atom stereocenters. The fraction of sp³-hybridized carbons (Fsp3) is 0.250. The molecule has 1 fully saturated rings. The minimum absolute atomic E-state index is 0.0819. The van der Waals surface area contributed by atoms with Crippen molar-refractivity contribution in [3.63, 3.8) is 0 Å². The van der Waals surface area contributed by atoms with E-state index in [0.29, 0.717) is 43.3 Å². The van der Waals surface area contributed by atoms with Crippen molar-refractivity contribution in [2.45, 2.75) is 6.54 Å². The molecular formula is C20H19ClF2N2O. The zero-order chi connectivity index (χ0) is 18.5. The van der Waals surface area contributed by atoms with Gasteiger partial charge in [-0.15, -0.1) is 0 Å². The summed E-state index contributed by atoms with van der Waals surface area (Å²) >= 11 is 6.07. The van der Waals surface area contributed by atoms with E-state index in [-0.39, 0.29) is 5.91 Å². The SMILES string of the molecule is O=C(C=Cc1ccccc1Cl)N1CCN(Cc2cccc(F)c2F)CC1. The Morgan fingerprint density at radius 2 is 1.77 bits per heavy atom. The van der Waals surface area contributed by atoms with Crippen LogP contribution in [0.1, 0.15) is 11.1 Å². The van der Waals surface area contributed by atoms with Crippen LogP contribution in [0.2, 0.25) is 5.02 Å². The summed E-state index contributed by atoms with van der Waals surface area (Å²) in [5.74, 6) is -1.71. The molecule has 2 aromatic carbocycles. The third-order valence-corrected chi connectivity index (χ3v) is 4.76. The van der Waals surface area contributed by atoms with Gasteiger partial charge in [-0.05, 0) is 23.8 Å². The highest BCUT2D eigenvalue weighted by atomic mass is 35.5. The summed E-state index contributed by atoms with van der Waals surface area (Å²) in [4.78, 5) is 16.1. The predicted octanol–water partition coefficient (Wildman–Crippen LogP) is 3.98. The van der Waals surface area contributed by atoms with Crippen LogP contribution in [0.4, 0.5) is 8.78 Å². The lowest BCUT2D eigenvalue weighted by Crippen LogP contribution is -2.47. The number of carbonyl (C=O) groups excluding carboxylic acids is 1. The molecular weight excluding hydrogens is 358 g/mol. The summed E-state index contributed by atoms with van der Waals surface area (Å²) in [7, 11) is 0. The van der Waals surface area contributed by atoms with Crippen LogP contribution < -0.4 is 0 Å². The molecule has 1 aliphatic rings. The van der Waals surface area contributed by atoms with Gasteiger partial charge in [0.2, 0.25) is 5.91 Å². The molecule has 3 nitrogen and oxygen atoms in total. The second-order valence-electron chi connectivity index (χ2n) is 6.17. The van der Waals surface area contributed by atoms with Crippen molar-refractivity contribution in [2.75, 3.05) is 26.2 Å². The van der Waals surface area contributed by atoms with Crippen LogP contribution in [0.3, 0.4) is 0 Å². The number of hydrogen-bond donors (Lipinski definition) is 0. The molecule has 1 saturated heterocycles. The zero-order valence-corrected chi connectivity index (χ0v) is 14.9.